The number of nitrogens with zero attached hydrogens (tertiary/aromatic N) is 3. The summed E-state index contributed by atoms with van der Waals surface area (Å²) >= 11 is 12.0. The second-order valence-electron chi connectivity index (χ2n) is 5.89. The molecule has 1 fully saturated rings. The summed E-state index contributed by atoms with van der Waals surface area (Å²) < 4.78 is 0. The topological polar surface area (TPSA) is 69.0 Å². The van der Waals surface area contributed by atoms with Crippen LogP contribution in [0.4, 0.5) is 11.5 Å². The first-order chi connectivity index (χ1) is 12.1. The summed E-state index contributed by atoms with van der Waals surface area (Å²) in [6.45, 7) is 1.47. The Morgan fingerprint density at radius 1 is 1.24 bits per heavy atom. The Morgan fingerprint density at radius 2 is 2.00 bits per heavy atom. The number of nitrogens with one attached hydrogen (secondary N) is 1. The van der Waals surface area contributed by atoms with E-state index in [0.717, 1.165) is 31.7 Å². The minimum atomic E-state index is -0.0790. The predicted octanol–water partition coefficient (Wildman–Crippen LogP) is 4.12. The van der Waals surface area contributed by atoms with E-state index in [1.807, 2.05) is 6.07 Å². The number of nitriles is 1. The van der Waals surface area contributed by atoms with Crippen molar-refractivity contribution in [3.8, 4) is 6.07 Å². The van der Waals surface area contributed by atoms with Crippen molar-refractivity contribution in [2.75, 3.05) is 23.3 Å². The maximum atomic E-state index is 12.5. The van der Waals surface area contributed by atoms with Crippen LogP contribution in [0.5, 0.6) is 0 Å². The SMILES string of the molecule is N#Cc1ccc(N2CCC(C(=O)Nc3cc(Cl)ccc3Cl)CC2)nc1. The maximum absolute atomic E-state index is 12.5. The molecule has 128 valence electrons. The van der Waals surface area contributed by atoms with Crippen molar-refractivity contribution in [3.05, 3.63) is 52.1 Å². The third kappa shape index (κ3) is 4.22. The Labute approximate surface area is 156 Å². The zero-order valence-electron chi connectivity index (χ0n) is 13.4. The highest BCUT2D eigenvalue weighted by Crippen LogP contribution is 2.28. The molecule has 1 aromatic carbocycles. The van der Waals surface area contributed by atoms with Crippen molar-refractivity contribution >= 4 is 40.6 Å². The monoisotopic (exact) mass is 374 g/mol. The fourth-order valence-corrected chi connectivity index (χ4v) is 3.18. The number of aromatic nitrogens is 1. The zero-order valence-corrected chi connectivity index (χ0v) is 14.9. The summed E-state index contributed by atoms with van der Waals surface area (Å²) in [4.78, 5) is 18.9. The lowest BCUT2D eigenvalue weighted by Crippen LogP contribution is -2.38. The highest BCUT2D eigenvalue weighted by atomic mass is 35.5. The van der Waals surface area contributed by atoms with E-state index in [4.69, 9.17) is 28.5 Å². The molecule has 3 rings (SSSR count). The number of hydrogen-bond donors (Lipinski definition) is 1. The number of benzene rings is 1. The van der Waals surface area contributed by atoms with Crippen molar-refractivity contribution < 1.29 is 4.79 Å². The first-order valence-corrected chi connectivity index (χ1v) is 8.69. The lowest BCUT2D eigenvalue weighted by molar-refractivity contribution is -0.120. The van der Waals surface area contributed by atoms with Gasteiger partial charge in [-0.2, -0.15) is 5.26 Å². The number of piperidine rings is 1. The van der Waals surface area contributed by atoms with Crippen molar-refractivity contribution in [2.45, 2.75) is 12.8 Å². The second-order valence-corrected chi connectivity index (χ2v) is 6.74. The van der Waals surface area contributed by atoms with Crippen molar-refractivity contribution in [1.82, 2.24) is 4.98 Å². The molecule has 1 saturated heterocycles. The lowest BCUT2D eigenvalue weighted by Gasteiger charge is -2.32. The van der Waals surface area contributed by atoms with E-state index >= 15 is 0 Å². The average molecular weight is 375 g/mol. The number of hydrogen-bond acceptors (Lipinski definition) is 4. The maximum Gasteiger partial charge on any atom is 0.227 e. The Bertz CT molecular complexity index is 809. The van der Waals surface area contributed by atoms with Crippen LogP contribution in [0.1, 0.15) is 18.4 Å². The average Bonchev–Trinajstić information content (AvgIpc) is 2.65. The van der Waals surface area contributed by atoms with Gasteiger partial charge in [0, 0.05) is 30.2 Å². The molecule has 1 amide bonds. The molecule has 1 N–H and O–H groups in total. The summed E-state index contributed by atoms with van der Waals surface area (Å²) in [6, 6.07) is 10.6. The van der Waals surface area contributed by atoms with E-state index in [2.05, 4.69) is 21.3 Å². The van der Waals surface area contributed by atoms with Gasteiger partial charge in [0.05, 0.1) is 16.3 Å². The normalized spacial score (nSPS) is 14.8. The summed E-state index contributed by atoms with van der Waals surface area (Å²) in [5.41, 5.74) is 1.08. The molecule has 0 spiro atoms. The summed E-state index contributed by atoms with van der Waals surface area (Å²) in [7, 11) is 0. The molecule has 25 heavy (non-hydrogen) atoms. The van der Waals surface area contributed by atoms with Gasteiger partial charge in [-0.1, -0.05) is 23.2 Å². The molecule has 0 bridgehead atoms. The van der Waals surface area contributed by atoms with E-state index in [1.54, 1.807) is 30.5 Å². The first-order valence-electron chi connectivity index (χ1n) is 7.94. The summed E-state index contributed by atoms with van der Waals surface area (Å²) in [6.07, 6.45) is 3.02. The van der Waals surface area contributed by atoms with Crippen LogP contribution in [0.15, 0.2) is 36.5 Å². The van der Waals surface area contributed by atoms with Crippen LogP contribution in [0.2, 0.25) is 10.0 Å². The lowest BCUT2D eigenvalue weighted by atomic mass is 9.95. The number of rotatable bonds is 3. The predicted molar refractivity (Wildman–Crippen MR) is 99.0 cm³/mol. The van der Waals surface area contributed by atoms with Gasteiger partial charge in [-0.05, 0) is 43.2 Å². The number of anilines is 2. The molecule has 1 aromatic heterocycles. The molecule has 0 radical (unpaired) electrons. The van der Waals surface area contributed by atoms with Crippen molar-refractivity contribution in [1.29, 1.82) is 5.26 Å². The van der Waals surface area contributed by atoms with E-state index in [1.165, 1.54) is 0 Å². The van der Waals surface area contributed by atoms with E-state index < -0.39 is 0 Å². The fourth-order valence-electron chi connectivity index (χ4n) is 2.84. The van der Waals surface area contributed by atoms with Crippen molar-refractivity contribution in [2.24, 2.45) is 5.92 Å². The van der Waals surface area contributed by atoms with Gasteiger partial charge in [0.25, 0.3) is 0 Å². The number of halogens is 2. The molecular weight excluding hydrogens is 359 g/mol. The van der Waals surface area contributed by atoms with E-state index in [-0.39, 0.29) is 11.8 Å². The molecule has 1 aliphatic heterocycles. The van der Waals surface area contributed by atoms with Gasteiger partial charge in [-0.3, -0.25) is 4.79 Å². The minimum absolute atomic E-state index is 0.0448. The molecule has 0 aliphatic carbocycles. The molecule has 7 heteroatoms. The van der Waals surface area contributed by atoms with Gasteiger partial charge in [0.15, 0.2) is 0 Å². The number of pyridine rings is 1. The van der Waals surface area contributed by atoms with Crippen LogP contribution in [0, 0.1) is 17.2 Å². The van der Waals surface area contributed by atoms with Crippen LogP contribution >= 0.6 is 23.2 Å². The van der Waals surface area contributed by atoms with Gasteiger partial charge < -0.3 is 10.2 Å². The quantitative estimate of drug-likeness (QED) is 0.877. The van der Waals surface area contributed by atoms with Gasteiger partial charge in [-0.15, -0.1) is 0 Å². The molecular formula is C18H16Cl2N4O. The van der Waals surface area contributed by atoms with Crippen LogP contribution in [0.25, 0.3) is 0 Å². The smallest absolute Gasteiger partial charge is 0.227 e. The molecule has 0 unspecified atom stereocenters. The Morgan fingerprint density at radius 3 is 2.64 bits per heavy atom. The molecule has 2 heterocycles. The van der Waals surface area contributed by atoms with Crippen LogP contribution < -0.4 is 10.2 Å². The largest absolute Gasteiger partial charge is 0.357 e. The molecule has 2 aromatic rings. The van der Waals surface area contributed by atoms with E-state index in [9.17, 15) is 4.79 Å². The summed E-state index contributed by atoms with van der Waals surface area (Å²) in [5, 5.41) is 12.7. The fraction of sp³-hybridized carbons (Fsp3) is 0.278. The Kier molecular flexibility index (Phi) is 5.42. The standard InChI is InChI=1S/C18H16Cl2N4O/c19-14-2-3-15(20)16(9-14)23-18(25)13-5-7-24(8-6-13)17-4-1-12(10-21)11-22-17/h1-4,9,11,13H,5-8H2,(H,23,25). The van der Waals surface area contributed by atoms with E-state index in [0.29, 0.717) is 21.3 Å². The first kappa shape index (κ1) is 17.5. The Hall–Kier alpha value is -2.29. The second kappa shape index (κ2) is 7.73. The van der Waals surface area contributed by atoms with Crippen molar-refractivity contribution in [3.63, 3.8) is 0 Å². The number of amides is 1. The number of carbonyl (C=O) groups is 1. The van der Waals surface area contributed by atoms with Crippen LogP contribution in [-0.4, -0.2) is 24.0 Å². The van der Waals surface area contributed by atoms with Crippen LogP contribution in [0.3, 0.4) is 0 Å². The van der Waals surface area contributed by atoms with Crippen LogP contribution in [-0.2, 0) is 4.79 Å². The minimum Gasteiger partial charge on any atom is -0.357 e. The van der Waals surface area contributed by atoms with Gasteiger partial charge in [0.1, 0.15) is 11.9 Å². The highest BCUT2D eigenvalue weighted by molar-refractivity contribution is 6.35. The molecule has 1 aliphatic rings. The third-order valence-corrected chi connectivity index (χ3v) is 4.82. The highest BCUT2D eigenvalue weighted by Gasteiger charge is 2.26. The number of carbonyl (C=O) groups excluding carboxylic acids is 1. The zero-order chi connectivity index (χ0) is 17.8. The molecule has 0 saturated carbocycles. The van der Waals surface area contributed by atoms with Gasteiger partial charge in [0.2, 0.25) is 5.91 Å². The molecule has 0 atom stereocenters. The third-order valence-electron chi connectivity index (χ3n) is 4.25. The van der Waals surface area contributed by atoms with Gasteiger partial charge >= 0.3 is 0 Å². The Balaban J connectivity index is 1.58. The van der Waals surface area contributed by atoms with Gasteiger partial charge in [-0.25, -0.2) is 4.98 Å². The molecule has 5 nitrogen and oxygen atoms in total. The summed E-state index contributed by atoms with van der Waals surface area (Å²) in [5.74, 6) is 0.706.